The van der Waals surface area contributed by atoms with E-state index in [9.17, 15) is 13.2 Å². The van der Waals surface area contributed by atoms with Gasteiger partial charge in [0.05, 0.1) is 34.0 Å². The zero-order valence-electron chi connectivity index (χ0n) is 15.5. The second kappa shape index (κ2) is 8.93. The first-order valence-corrected chi connectivity index (χ1v) is 11.4. The highest BCUT2D eigenvalue weighted by Gasteiger charge is 2.25. The van der Waals surface area contributed by atoms with Crippen LogP contribution in [0.5, 0.6) is 5.75 Å². The highest BCUT2D eigenvalue weighted by Crippen LogP contribution is 2.32. The number of halogens is 1. The number of pyridine rings is 1. The fraction of sp³-hybridized carbons (Fsp3) is 0.158. The first kappa shape index (κ1) is 21.3. The molecule has 0 saturated carbocycles. The third-order valence-electron chi connectivity index (χ3n) is 4.08. The quantitative estimate of drug-likeness (QED) is 0.490. The number of hydrogen-bond donors (Lipinski definition) is 1. The number of methoxy groups -OCH3 is 2. The number of rotatable bonds is 7. The Bertz CT molecular complexity index is 1130. The molecule has 3 rings (SSSR count). The lowest BCUT2D eigenvalue weighted by molar-refractivity contribution is 0.0602. The summed E-state index contributed by atoms with van der Waals surface area (Å²) in [6.45, 7) is 0.154. The van der Waals surface area contributed by atoms with E-state index in [2.05, 4.69) is 26.2 Å². The number of aromatic nitrogens is 1. The standard InChI is InChI=1S/C19H17BrN2O5S2/c1-26-13-3-5-14(6-4-13)29(24,25)17-12(9-21-11-16(17)20)10-22-18-15(7-8-28-18)19(23)27-2/h3-9,11,22H,10H2,1-2H3. The summed E-state index contributed by atoms with van der Waals surface area (Å²) in [6, 6.07) is 7.81. The first-order chi connectivity index (χ1) is 13.9. The van der Waals surface area contributed by atoms with Gasteiger partial charge in [0, 0.05) is 24.5 Å². The Morgan fingerprint density at radius 1 is 1.17 bits per heavy atom. The molecule has 0 unspecified atom stereocenters. The zero-order valence-corrected chi connectivity index (χ0v) is 18.7. The lowest BCUT2D eigenvalue weighted by Gasteiger charge is -2.14. The van der Waals surface area contributed by atoms with Crippen LogP contribution in [-0.2, 0) is 21.1 Å². The van der Waals surface area contributed by atoms with Crippen molar-refractivity contribution in [1.82, 2.24) is 4.98 Å². The number of sulfone groups is 1. The van der Waals surface area contributed by atoms with Crippen molar-refractivity contribution in [2.45, 2.75) is 16.3 Å². The van der Waals surface area contributed by atoms with Crippen molar-refractivity contribution in [2.75, 3.05) is 19.5 Å². The second-order valence-electron chi connectivity index (χ2n) is 5.80. The van der Waals surface area contributed by atoms with Gasteiger partial charge in [0.2, 0.25) is 9.84 Å². The van der Waals surface area contributed by atoms with Crippen molar-refractivity contribution in [3.05, 3.63) is 63.7 Å². The van der Waals surface area contributed by atoms with E-state index in [1.165, 1.54) is 50.1 Å². The number of ether oxygens (including phenoxy) is 2. The number of thiophene rings is 1. The molecule has 1 N–H and O–H groups in total. The monoisotopic (exact) mass is 496 g/mol. The minimum absolute atomic E-state index is 0.112. The van der Waals surface area contributed by atoms with Crippen LogP contribution in [0.15, 0.2) is 62.4 Å². The third kappa shape index (κ3) is 4.44. The fourth-order valence-corrected chi connectivity index (χ4v) is 5.95. The highest BCUT2D eigenvalue weighted by atomic mass is 79.9. The summed E-state index contributed by atoms with van der Waals surface area (Å²) >= 11 is 4.63. The molecule has 0 saturated heterocycles. The SMILES string of the molecule is COC(=O)c1ccsc1NCc1cncc(Br)c1S(=O)(=O)c1ccc(OC)cc1. The van der Waals surface area contributed by atoms with Crippen LogP contribution in [-0.4, -0.2) is 33.6 Å². The maximum absolute atomic E-state index is 13.3. The number of nitrogens with one attached hydrogen (secondary N) is 1. The van der Waals surface area contributed by atoms with Crippen LogP contribution < -0.4 is 10.1 Å². The lowest BCUT2D eigenvalue weighted by Crippen LogP contribution is -2.11. The summed E-state index contributed by atoms with van der Waals surface area (Å²) in [5.41, 5.74) is 0.847. The summed E-state index contributed by atoms with van der Waals surface area (Å²) in [5.74, 6) is 0.0971. The van der Waals surface area contributed by atoms with Crippen LogP contribution in [0.3, 0.4) is 0 Å². The van der Waals surface area contributed by atoms with E-state index in [1.807, 2.05) is 0 Å². The fourth-order valence-electron chi connectivity index (χ4n) is 2.66. The lowest BCUT2D eigenvalue weighted by atomic mass is 10.2. The number of carbonyl (C=O) groups excluding carboxylic acids is 1. The minimum Gasteiger partial charge on any atom is -0.497 e. The van der Waals surface area contributed by atoms with Crippen molar-refractivity contribution in [2.24, 2.45) is 0 Å². The van der Waals surface area contributed by atoms with Gasteiger partial charge in [-0.25, -0.2) is 13.2 Å². The number of carbonyl (C=O) groups is 1. The third-order valence-corrected chi connectivity index (χ3v) is 7.72. The van der Waals surface area contributed by atoms with E-state index in [4.69, 9.17) is 9.47 Å². The Hall–Kier alpha value is -2.43. The van der Waals surface area contributed by atoms with Crippen LogP contribution in [0.1, 0.15) is 15.9 Å². The molecule has 0 fully saturated rings. The average molecular weight is 497 g/mol. The van der Waals surface area contributed by atoms with E-state index >= 15 is 0 Å². The molecule has 0 radical (unpaired) electrons. The van der Waals surface area contributed by atoms with Crippen molar-refractivity contribution in [3.8, 4) is 5.75 Å². The molecule has 0 bridgehead atoms. The van der Waals surface area contributed by atoms with E-state index in [0.29, 0.717) is 26.4 Å². The number of nitrogens with zero attached hydrogens (tertiary/aromatic N) is 1. The summed E-state index contributed by atoms with van der Waals surface area (Å²) in [4.78, 5) is 16.2. The maximum atomic E-state index is 13.3. The van der Waals surface area contributed by atoms with Gasteiger partial charge in [-0.1, -0.05) is 0 Å². The number of benzene rings is 1. The van der Waals surface area contributed by atoms with Gasteiger partial charge in [-0.05, 0) is 51.6 Å². The molecular formula is C19H17BrN2O5S2. The van der Waals surface area contributed by atoms with Crippen molar-refractivity contribution in [3.63, 3.8) is 0 Å². The van der Waals surface area contributed by atoms with E-state index in [-0.39, 0.29) is 16.3 Å². The van der Waals surface area contributed by atoms with Gasteiger partial charge in [-0.2, -0.15) is 0 Å². The summed E-state index contributed by atoms with van der Waals surface area (Å²) in [6.07, 6.45) is 2.92. The molecule has 7 nitrogen and oxygen atoms in total. The Balaban J connectivity index is 1.95. The molecule has 2 heterocycles. The van der Waals surface area contributed by atoms with Crippen molar-refractivity contribution < 1.29 is 22.7 Å². The van der Waals surface area contributed by atoms with Gasteiger partial charge < -0.3 is 14.8 Å². The molecule has 10 heteroatoms. The van der Waals surface area contributed by atoms with Crippen LogP contribution in [0.4, 0.5) is 5.00 Å². The Labute approximate surface area is 180 Å². The Morgan fingerprint density at radius 3 is 2.55 bits per heavy atom. The molecule has 29 heavy (non-hydrogen) atoms. The van der Waals surface area contributed by atoms with Crippen LogP contribution in [0.2, 0.25) is 0 Å². The molecule has 0 aliphatic rings. The van der Waals surface area contributed by atoms with Crippen LogP contribution >= 0.6 is 27.3 Å². The van der Waals surface area contributed by atoms with Crippen molar-refractivity contribution >= 4 is 48.1 Å². The number of hydrogen-bond acceptors (Lipinski definition) is 8. The summed E-state index contributed by atoms with van der Waals surface area (Å²) in [5, 5.41) is 5.45. The Kier molecular flexibility index (Phi) is 6.56. The number of esters is 1. The normalized spacial score (nSPS) is 11.1. The molecule has 3 aromatic rings. The largest absolute Gasteiger partial charge is 0.497 e. The van der Waals surface area contributed by atoms with E-state index < -0.39 is 15.8 Å². The predicted molar refractivity (Wildman–Crippen MR) is 113 cm³/mol. The molecule has 0 amide bonds. The summed E-state index contributed by atoms with van der Waals surface area (Å²) < 4.78 is 36.7. The molecule has 1 aromatic carbocycles. The van der Waals surface area contributed by atoms with Gasteiger partial charge in [0.1, 0.15) is 10.8 Å². The minimum atomic E-state index is -3.82. The average Bonchev–Trinajstić information content (AvgIpc) is 3.20. The van der Waals surface area contributed by atoms with E-state index in [1.54, 1.807) is 23.6 Å². The molecule has 152 valence electrons. The van der Waals surface area contributed by atoms with Gasteiger partial charge in [-0.15, -0.1) is 11.3 Å². The summed E-state index contributed by atoms with van der Waals surface area (Å²) in [7, 11) is -0.997. The second-order valence-corrected chi connectivity index (χ2v) is 9.45. The van der Waals surface area contributed by atoms with Gasteiger partial charge in [-0.3, -0.25) is 4.98 Å². The van der Waals surface area contributed by atoms with Crippen LogP contribution in [0.25, 0.3) is 0 Å². The molecule has 0 atom stereocenters. The predicted octanol–water partition coefficient (Wildman–Crippen LogP) is 4.15. The Morgan fingerprint density at radius 2 is 1.90 bits per heavy atom. The smallest absolute Gasteiger partial charge is 0.340 e. The molecule has 0 aliphatic heterocycles. The van der Waals surface area contributed by atoms with E-state index in [0.717, 1.165) is 0 Å². The maximum Gasteiger partial charge on any atom is 0.340 e. The molecule has 0 aliphatic carbocycles. The first-order valence-electron chi connectivity index (χ1n) is 8.29. The van der Waals surface area contributed by atoms with Crippen molar-refractivity contribution in [1.29, 1.82) is 0 Å². The topological polar surface area (TPSA) is 94.6 Å². The highest BCUT2D eigenvalue weighted by molar-refractivity contribution is 9.10. The number of anilines is 1. The molecule has 0 spiro atoms. The molecular weight excluding hydrogens is 480 g/mol. The van der Waals surface area contributed by atoms with Crippen LogP contribution in [0, 0.1) is 0 Å². The zero-order chi connectivity index (χ0) is 21.0. The van der Waals surface area contributed by atoms with Gasteiger partial charge in [0.25, 0.3) is 0 Å². The molecule has 2 aromatic heterocycles. The van der Waals surface area contributed by atoms with Gasteiger partial charge >= 0.3 is 5.97 Å². The van der Waals surface area contributed by atoms with Gasteiger partial charge in [0.15, 0.2) is 0 Å².